The molecule has 0 spiro atoms. The average Bonchev–Trinajstić information content (AvgIpc) is 2.80. The summed E-state index contributed by atoms with van der Waals surface area (Å²) in [5.74, 6) is 1.36. The monoisotopic (exact) mass is 447 g/mol. The van der Waals surface area contributed by atoms with E-state index in [2.05, 4.69) is 26.0 Å². The SMILES string of the molecule is CCOc1cc2c(cc1OCC)[C@H](c1ccc(F)cc1)N(c1ccc(C(C)C)cc1)C(=O)C2. The van der Waals surface area contributed by atoms with Crippen LogP contribution in [0.15, 0.2) is 60.7 Å². The van der Waals surface area contributed by atoms with E-state index < -0.39 is 6.04 Å². The van der Waals surface area contributed by atoms with Crippen LogP contribution in [0.3, 0.4) is 0 Å². The highest BCUT2D eigenvalue weighted by atomic mass is 19.1. The number of benzene rings is 3. The second-order valence-corrected chi connectivity index (χ2v) is 8.50. The molecule has 4 nitrogen and oxygen atoms in total. The maximum absolute atomic E-state index is 13.8. The van der Waals surface area contributed by atoms with Crippen molar-refractivity contribution in [1.29, 1.82) is 0 Å². The molecule has 3 aromatic carbocycles. The van der Waals surface area contributed by atoms with Crippen molar-refractivity contribution in [2.75, 3.05) is 18.1 Å². The molecule has 4 rings (SSSR count). The predicted molar refractivity (Wildman–Crippen MR) is 129 cm³/mol. The fraction of sp³-hybridized carbons (Fsp3) is 0.321. The minimum atomic E-state index is -0.401. The number of carbonyl (C=O) groups is 1. The summed E-state index contributed by atoms with van der Waals surface area (Å²) in [6.45, 7) is 9.14. The van der Waals surface area contributed by atoms with Gasteiger partial charge in [0.05, 0.1) is 25.7 Å². The van der Waals surface area contributed by atoms with Crippen molar-refractivity contribution in [3.05, 3.63) is 88.7 Å². The Morgan fingerprint density at radius 1 is 0.939 bits per heavy atom. The number of fused-ring (bicyclic) bond motifs is 1. The van der Waals surface area contributed by atoms with E-state index in [9.17, 15) is 9.18 Å². The van der Waals surface area contributed by atoms with Crippen LogP contribution in [0.2, 0.25) is 0 Å². The summed E-state index contributed by atoms with van der Waals surface area (Å²) >= 11 is 0. The summed E-state index contributed by atoms with van der Waals surface area (Å²) in [7, 11) is 0. The van der Waals surface area contributed by atoms with Gasteiger partial charge in [-0.2, -0.15) is 0 Å². The van der Waals surface area contributed by atoms with E-state index >= 15 is 0 Å². The van der Waals surface area contributed by atoms with Crippen molar-refractivity contribution in [3.63, 3.8) is 0 Å². The fourth-order valence-electron chi connectivity index (χ4n) is 4.38. The third-order valence-electron chi connectivity index (χ3n) is 5.99. The van der Waals surface area contributed by atoms with Gasteiger partial charge in [0.15, 0.2) is 11.5 Å². The normalized spacial score (nSPS) is 15.5. The topological polar surface area (TPSA) is 38.8 Å². The van der Waals surface area contributed by atoms with Crippen LogP contribution in [0.1, 0.15) is 61.9 Å². The van der Waals surface area contributed by atoms with Crippen molar-refractivity contribution in [2.45, 2.75) is 46.1 Å². The molecule has 5 heteroatoms. The van der Waals surface area contributed by atoms with E-state index in [0.29, 0.717) is 30.6 Å². The van der Waals surface area contributed by atoms with Gasteiger partial charge in [-0.15, -0.1) is 0 Å². The van der Waals surface area contributed by atoms with Crippen LogP contribution in [0.5, 0.6) is 11.5 Å². The minimum Gasteiger partial charge on any atom is -0.490 e. The number of rotatable bonds is 7. The summed E-state index contributed by atoms with van der Waals surface area (Å²) in [5, 5.41) is 0. The van der Waals surface area contributed by atoms with Gasteiger partial charge in [-0.05, 0) is 78.4 Å². The van der Waals surface area contributed by atoms with Crippen molar-refractivity contribution in [2.24, 2.45) is 0 Å². The highest BCUT2D eigenvalue weighted by Crippen LogP contribution is 2.43. The third kappa shape index (κ3) is 4.58. The summed E-state index contributed by atoms with van der Waals surface area (Å²) in [6.07, 6.45) is 0.255. The molecule has 0 fully saturated rings. The average molecular weight is 448 g/mol. The molecule has 1 atom stereocenters. The molecular weight excluding hydrogens is 417 g/mol. The first kappa shape index (κ1) is 22.8. The van der Waals surface area contributed by atoms with Crippen LogP contribution in [0.25, 0.3) is 0 Å². The lowest BCUT2D eigenvalue weighted by Crippen LogP contribution is -2.41. The number of carbonyl (C=O) groups excluding carboxylic acids is 1. The summed E-state index contributed by atoms with van der Waals surface area (Å²) in [5.41, 5.74) is 4.72. The largest absolute Gasteiger partial charge is 0.490 e. The molecule has 33 heavy (non-hydrogen) atoms. The summed E-state index contributed by atoms with van der Waals surface area (Å²) in [6, 6.07) is 18.0. The molecular formula is C28H30FNO3. The number of halogens is 1. The van der Waals surface area contributed by atoms with Crippen LogP contribution in [0.4, 0.5) is 10.1 Å². The number of hydrogen-bond donors (Lipinski definition) is 0. The van der Waals surface area contributed by atoms with E-state index in [-0.39, 0.29) is 18.1 Å². The number of hydrogen-bond acceptors (Lipinski definition) is 3. The zero-order valence-corrected chi connectivity index (χ0v) is 19.6. The van der Waals surface area contributed by atoms with Crippen LogP contribution in [-0.4, -0.2) is 19.1 Å². The van der Waals surface area contributed by atoms with Gasteiger partial charge in [0.2, 0.25) is 5.91 Å². The lowest BCUT2D eigenvalue weighted by atomic mass is 9.86. The first-order valence-corrected chi connectivity index (χ1v) is 11.5. The smallest absolute Gasteiger partial charge is 0.232 e. The van der Waals surface area contributed by atoms with Crippen LogP contribution in [0, 0.1) is 5.82 Å². The van der Waals surface area contributed by atoms with E-state index in [4.69, 9.17) is 9.47 Å². The molecule has 0 radical (unpaired) electrons. The molecule has 0 unspecified atom stereocenters. The molecule has 172 valence electrons. The quantitative estimate of drug-likeness (QED) is 0.419. The lowest BCUT2D eigenvalue weighted by molar-refractivity contribution is -0.118. The van der Waals surface area contributed by atoms with Crippen molar-refractivity contribution in [1.82, 2.24) is 0 Å². The standard InChI is InChI=1S/C28H30FNO3/c1-5-32-25-15-21-16-27(31)30(23-13-9-19(10-14-23)18(3)4)28(20-7-11-22(29)12-8-20)24(21)17-26(25)33-6-2/h7-15,17-18,28H,5-6,16H2,1-4H3/t28-/m0/s1. The first-order chi connectivity index (χ1) is 15.9. The molecule has 1 heterocycles. The highest BCUT2D eigenvalue weighted by molar-refractivity contribution is 5.98. The van der Waals surface area contributed by atoms with Crippen LogP contribution >= 0.6 is 0 Å². The molecule has 0 N–H and O–H groups in total. The molecule has 1 aliphatic heterocycles. The van der Waals surface area contributed by atoms with Gasteiger partial charge in [-0.3, -0.25) is 4.79 Å². The van der Waals surface area contributed by atoms with Gasteiger partial charge < -0.3 is 14.4 Å². The zero-order chi connectivity index (χ0) is 23.5. The van der Waals surface area contributed by atoms with E-state index in [1.54, 1.807) is 12.1 Å². The Labute approximate surface area is 195 Å². The van der Waals surface area contributed by atoms with Crippen LogP contribution < -0.4 is 14.4 Å². The van der Waals surface area contributed by atoms with Gasteiger partial charge in [-0.1, -0.05) is 38.1 Å². The van der Waals surface area contributed by atoms with Gasteiger partial charge in [0.1, 0.15) is 5.82 Å². The Balaban J connectivity index is 1.88. The Bertz CT molecular complexity index is 1120. The van der Waals surface area contributed by atoms with E-state index in [0.717, 1.165) is 22.4 Å². The molecule has 1 amide bonds. The van der Waals surface area contributed by atoms with Gasteiger partial charge >= 0.3 is 0 Å². The molecule has 0 bridgehead atoms. The second-order valence-electron chi connectivity index (χ2n) is 8.50. The Morgan fingerprint density at radius 2 is 1.55 bits per heavy atom. The van der Waals surface area contributed by atoms with Gasteiger partial charge in [-0.25, -0.2) is 4.39 Å². The van der Waals surface area contributed by atoms with E-state index in [1.807, 2.05) is 43.0 Å². The molecule has 0 saturated heterocycles. The predicted octanol–water partition coefficient (Wildman–Crippen LogP) is 6.43. The number of amides is 1. The first-order valence-electron chi connectivity index (χ1n) is 11.5. The Kier molecular flexibility index (Phi) is 6.68. The van der Waals surface area contributed by atoms with Crippen molar-refractivity contribution in [3.8, 4) is 11.5 Å². The Morgan fingerprint density at radius 3 is 2.12 bits per heavy atom. The number of ether oxygens (including phenoxy) is 2. The minimum absolute atomic E-state index is 0.0132. The third-order valence-corrected chi connectivity index (χ3v) is 5.99. The molecule has 0 saturated carbocycles. The van der Waals surface area contributed by atoms with Gasteiger partial charge in [0, 0.05) is 5.69 Å². The zero-order valence-electron chi connectivity index (χ0n) is 19.6. The number of nitrogens with zero attached hydrogens (tertiary/aromatic N) is 1. The summed E-state index contributed by atoms with van der Waals surface area (Å²) < 4.78 is 25.4. The maximum atomic E-state index is 13.8. The summed E-state index contributed by atoms with van der Waals surface area (Å²) in [4.78, 5) is 15.3. The highest BCUT2D eigenvalue weighted by Gasteiger charge is 2.36. The molecule has 3 aromatic rings. The molecule has 0 aliphatic carbocycles. The molecule has 1 aliphatic rings. The van der Waals surface area contributed by atoms with Crippen LogP contribution in [-0.2, 0) is 11.2 Å². The molecule has 0 aromatic heterocycles. The van der Waals surface area contributed by atoms with Crippen molar-refractivity contribution < 1.29 is 18.7 Å². The lowest BCUT2D eigenvalue weighted by Gasteiger charge is -2.38. The van der Waals surface area contributed by atoms with E-state index in [1.165, 1.54) is 17.7 Å². The van der Waals surface area contributed by atoms with Gasteiger partial charge in [0.25, 0.3) is 0 Å². The fourth-order valence-corrected chi connectivity index (χ4v) is 4.38. The van der Waals surface area contributed by atoms with Crippen molar-refractivity contribution >= 4 is 11.6 Å². The number of anilines is 1. The maximum Gasteiger partial charge on any atom is 0.232 e. The second kappa shape index (κ2) is 9.65. The Hall–Kier alpha value is -3.34.